The summed E-state index contributed by atoms with van der Waals surface area (Å²) in [4.78, 5) is 34.8. The number of Topliss-reactive ketones (excluding diaryl/α,β-unsaturated/α-hetero) is 1. The number of carbonyl (C=O) groups is 2. The van der Waals surface area contributed by atoms with E-state index in [9.17, 15) is 14.7 Å². The Hall–Kier alpha value is -3.65. The van der Waals surface area contributed by atoms with Crippen LogP contribution in [0.25, 0.3) is 16.8 Å². The standard InChI is InChI=1S/C22H14BrN3O4/c23-13-9-7-12(8-10-13)19(27)17-18(16-6-3-11-30-16)26(21(29)20(17)28)22-24-14-4-1-2-5-15(14)25-22/h1-11,18,27H,(H,24,25)/b19-17+. The zero-order chi connectivity index (χ0) is 20.8. The second-order valence-corrected chi connectivity index (χ2v) is 7.68. The average molecular weight is 464 g/mol. The number of para-hydroxylation sites is 2. The van der Waals surface area contributed by atoms with E-state index in [0.717, 1.165) is 9.99 Å². The van der Waals surface area contributed by atoms with Gasteiger partial charge in [-0.1, -0.05) is 40.2 Å². The molecule has 3 heterocycles. The van der Waals surface area contributed by atoms with E-state index >= 15 is 0 Å². The molecule has 5 rings (SSSR count). The number of aromatic nitrogens is 2. The maximum absolute atomic E-state index is 13.0. The maximum atomic E-state index is 13.0. The second-order valence-electron chi connectivity index (χ2n) is 6.77. The minimum atomic E-state index is -0.954. The molecule has 8 heteroatoms. The van der Waals surface area contributed by atoms with Crippen LogP contribution in [-0.4, -0.2) is 26.8 Å². The van der Waals surface area contributed by atoms with E-state index in [-0.39, 0.29) is 17.3 Å². The fourth-order valence-electron chi connectivity index (χ4n) is 3.58. The number of imidazole rings is 1. The first-order valence-corrected chi connectivity index (χ1v) is 9.89. The van der Waals surface area contributed by atoms with E-state index in [2.05, 4.69) is 25.9 Å². The Labute approximate surface area is 178 Å². The van der Waals surface area contributed by atoms with E-state index in [1.807, 2.05) is 18.2 Å². The Morgan fingerprint density at radius 3 is 2.53 bits per heavy atom. The van der Waals surface area contributed by atoms with Crippen molar-refractivity contribution in [1.82, 2.24) is 9.97 Å². The maximum Gasteiger partial charge on any atom is 0.302 e. The number of aromatic amines is 1. The number of carbonyl (C=O) groups excluding carboxylic acids is 2. The molecule has 0 spiro atoms. The number of rotatable bonds is 3. The smallest absolute Gasteiger partial charge is 0.302 e. The molecule has 1 aliphatic rings. The first kappa shape index (κ1) is 18.4. The number of fused-ring (bicyclic) bond motifs is 1. The van der Waals surface area contributed by atoms with Crippen molar-refractivity contribution >= 4 is 50.4 Å². The lowest BCUT2D eigenvalue weighted by atomic mass is 9.99. The Morgan fingerprint density at radius 1 is 1.07 bits per heavy atom. The number of H-pyrrole nitrogens is 1. The number of anilines is 1. The molecule has 0 bridgehead atoms. The van der Waals surface area contributed by atoms with Crippen molar-refractivity contribution in [3.63, 3.8) is 0 Å². The lowest BCUT2D eigenvalue weighted by Crippen LogP contribution is -2.30. The minimum Gasteiger partial charge on any atom is -0.507 e. The highest BCUT2D eigenvalue weighted by atomic mass is 79.9. The molecule has 1 unspecified atom stereocenters. The molecule has 30 heavy (non-hydrogen) atoms. The lowest BCUT2D eigenvalue weighted by molar-refractivity contribution is -0.132. The highest BCUT2D eigenvalue weighted by Gasteiger charge is 2.49. The number of nitrogens with one attached hydrogen (secondary N) is 1. The summed E-state index contributed by atoms with van der Waals surface area (Å²) in [5, 5.41) is 11.0. The first-order chi connectivity index (χ1) is 14.5. The van der Waals surface area contributed by atoms with Crippen molar-refractivity contribution in [2.45, 2.75) is 6.04 Å². The third-order valence-corrected chi connectivity index (χ3v) is 5.51. The quantitative estimate of drug-likeness (QED) is 0.264. The van der Waals surface area contributed by atoms with Crippen molar-refractivity contribution in [3.05, 3.63) is 88.3 Å². The Kier molecular flexibility index (Phi) is 4.29. The molecular formula is C22H14BrN3O4. The predicted octanol–water partition coefficient (Wildman–Crippen LogP) is 4.54. The normalized spacial score (nSPS) is 18.4. The van der Waals surface area contributed by atoms with Gasteiger partial charge in [0.05, 0.1) is 22.9 Å². The molecule has 2 aromatic heterocycles. The van der Waals surface area contributed by atoms with Crippen LogP contribution in [0.3, 0.4) is 0 Å². The van der Waals surface area contributed by atoms with E-state index in [0.29, 0.717) is 16.8 Å². The summed E-state index contributed by atoms with van der Waals surface area (Å²) in [6.45, 7) is 0. The zero-order valence-electron chi connectivity index (χ0n) is 15.4. The molecule has 0 saturated carbocycles. The summed E-state index contributed by atoms with van der Waals surface area (Å²) >= 11 is 3.35. The van der Waals surface area contributed by atoms with Crippen molar-refractivity contribution in [3.8, 4) is 0 Å². The Bertz CT molecular complexity index is 1270. The number of amides is 1. The highest BCUT2D eigenvalue weighted by molar-refractivity contribution is 9.10. The topological polar surface area (TPSA) is 99.4 Å². The first-order valence-electron chi connectivity index (χ1n) is 9.09. The van der Waals surface area contributed by atoms with Crippen molar-refractivity contribution in [2.24, 2.45) is 0 Å². The highest BCUT2D eigenvalue weighted by Crippen LogP contribution is 2.41. The van der Waals surface area contributed by atoms with Gasteiger partial charge in [-0.2, -0.15) is 0 Å². The van der Waals surface area contributed by atoms with Gasteiger partial charge in [0, 0.05) is 10.0 Å². The fraction of sp³-hybridized carbons (Fsp3) is 0.0455. The van der Waals surface area contributed by atoms with Crippen molar-refractivity contribution < 1.29 is 19.1 Å². The summed E-state index contributed by atoms with van der Waals surface area (Å²) in [7, 11) is 0. The number of ketones is 1. The SMILES string of the molecule is O=C1C(=O)N(c2nc3ccccc3[nH]2)C(c2ccco2)/C1=C(\O)c1ccc(Br)cc1. The van der Waals surface area contributed by atoms with E-state index in [4.69, 9.17) is 4.42 Å². The number of halogens is 1. The van der Waals surface area contributed by atoms with Crippen LogP contribution in [0.2, 0.25) is 0 Å². The Balaban J connectivity index is 1.71. The van der Waals surface area contributed by atoms with E-state index in [1.54, 1.807) is 42.5 Å². The lowest BCUT2D eigenvalue weighted by Gasteiger charge is -2.20. The molecule has 0 aliphatic carbocycles. The zero-order valence-corrected chi connectivity index (χ0v) is 17.0. The van der Waals surface area contributed by atoms with Crippen molar-refractivity contribution in [2.75, 3.05) is 4.90 Å². The number of furan rings is 1. The van der Waals surface area contributed by atoms with Crippen LogP contribution in [0, 0.1) is 0 Å². The second kappa shape index (κ2) is 7.00. The predicted molar refractivity (Wildman–Crippen MR) is 114 cm³/mol. The average Bonchev–Trinajstić information content (AvgIpc) is 3.47. The van der Waals surface area contributed by atoms with Crippen LogP contribution in [0.4, 0.5) is 5.95 Å². The molecule has 4 aromatic rings. The molecule has 148 valence electrons. The third-order valence-electron chi connectivity index (χ3n) is 4.98. The van der Waals surface area contributed by atoms with Gasteiger partial charge in [-0.25, -0.2) is 4.98 Å². The minimum absolute atomic E-state index is 0.0577. The molecule has 7 nitrogen and oxygen atoms in total. The summed E-state index contributed by atoms with van der Waals surface area (Å²) in [6.07, 6.45) is 1.45. The van der Waals surface area contributed by atoms with E-state index < -0.39 is 17.7 Å². The van der Waals surface area contributed by atoms with Gasteiger partial charge in [0.2, 0.25) is 5.95 Å². The molecule has 1 saturated heterocycles. The van der Waals surface area contributed by atoms with E-state index in [1.165, 1.54) is 11.2 Å². The van der Waals surface area contributed by atoms with Crippen LogP contribution in [0.5, 0.6) is 0 Å². The van der Waals surface area contributed by atoms with Gasteiger partial charge in [-0.05, 0) is 36.4 Å². The van der Waals surface area contributed by atoms with Gasteiger partial charge in [0.15, 0.2) is 0 Å². The van der Waals surface area contributed by atoms with Crippen LogP contribution in [0.1, 0.15) is 17.4 Å². The molecular weight excluding hydrogens is 450 g/mol. The van der Waals surface area contributed by atoms with Crippen LogP contribution in [0.15, 0.2) is 81.4 Å². The van der Waals surface area contributed by atoms with Crippen LogP contribution >= 0.6 is 15.9 Å². The molecule has 1 amide bonds. The van der Waals surface area contributed by atoms with Crippen LogP contribution < -0.4 is 4.90 Å². The van der Waals surface area contributed by atoms with Gasteiger partial charge < -0.3 is 14.5 Å². The number of hydrogen-bond acceptors (Lipinski definition) is 5. The molecule has 2 aromatic carbocycles. The fourth-order valence-corrected chi connectivity index (χ4v) is 3.85. The molecule has 1 atom stereocenters. The van der Waals surface area contributed by atoms with Crippen LogP contribution in [-0.2, 0) is 9.59 Å². The third kappa shape index (κ3) is 2.84. The number of hydrogen-bond donors (Lipinski definition) is 2. The largest absolute Gasteiger partial charge is 0.507 e. The molecule has 2 N–H and O–H groups in total. The number of nitrogens with zero attached hydrogens (tertiary/aromatic N) is 2. The van der Waals surface area contributed by atoms with Gasteiger partial charge in [-0.15, -0.1) is 0 Å². The van der Waals surface area contributed by atoms with Crippen molar-refractivity contribution in [1.29, 1.82) is 0 Å². The van der Waals surface area contributed by atoms with Gasteiger partial charge in [0.1, 0.15) is 17.6 Å². The van der Waals surface area contributed by atoms with Gasteiger partial charge in [0.25, 0.3) is 5.78 Å². The summed E-state index contributed by atoms with van der Waals surface area (Å²) in [6, 6.07) is 16.5. The summed E-state index contributed by atoms with van der Waals surface area (Å²) in [5.74, 6) is -1.34. The number of benzene rings is 2. The van der Waals surface area contributed by atoms with Gasteiger partial charge in [-0.3, -0.25) is 14.5 Å². The number of aliphatic hydroxyl groups is 1. The number of aliphatic hydroxyl groups excluding tert-OH is 1. The molecule has 1 aliphatic heterocycles. The molecule has 0 radical (unpaired) electrons. The molecule has 1 fully saturated rings. The van der Waals surface area contributed by atoms with Gasteiger partial charge >= 0.3 is 5.91 Å². The summed E-state index contributed by atoms with van der Waals surface area (Å²) in [5.41, 5.74) is 1.73. The summed E-state index contributed by atoms with van der Waals surface area (Å²) < 4.78 is 6.36. The Morgan fingerprint density at radius 2 is 1.83 bits per heavy atom. The monoisotopic (exact) mass is 463 g/mol.